The van der Waals surface area contributed by atoms with E-state index in [9.17, 15) is 4.79 Å². The lowest BCUT2D eigenvalue weighted by molar-refractivity contribution is -0.136. The van der Waals surface area contributed by atoms with Gasteiger partial charge in [-0.25, -0.2) is 0 Å². The summed E-state index contributed by atoms with van der Waals surface area (Å²) in [6.07, 6.45) is 3.59. The number of amides is 1. The van der Waals surface area contributed by atoms with Crippen LogP contribution in [0.3, 0.4) is 0 Å². The van der Waals surface area contributed by atoms with E-state index in [1.54, 1.807) is 0 Å². The highest BCUT2D eigenvalue weighted by molar-refractivity contribution is 5.81. The van der Waals surface area contributed by atoms with Crippen LogP contribution in [0.25, 0.3) is 0 Å². The Balaban J connectivity index is 1.92. The molecule has 0 spiro atoms. The Kier molecular flexibility index (Phi) is 4.85. The van der Waals surface area contributed by atoms with Crippen LogP contribution in [-0.4, -0.2) is 60.5 Å². The first-order valence-corrected chi connectivity index (χ1v) is 7.75. The average Bonchev–Trinajstić information content (AvgIpc) is 2.96. The first-order chi connectivity index (χ1) is 9.04. The molecule has 0 saturated carbocycles. The van der Waals surface area contributed by atoms with Crippen LogP contribution >= 0.6 is 0 Å². The monoisotopic (exact) mass is 267 g/mol. The summed E-state index contributed by atoms with van der Waals surface area (Å²) in [5, 5.41) is 3.22. The van der Waals surface area contributed by atoms with E-state index >= 15 is 0 Å². The summed E-state index contributed by atoms with van der Waals surface area (Å²) in [5.41, 5.74) is 0. The van der Waals surface area contributed by atoms with Gasteiger partial charge < -0.3 is 10.2 Å². The molecule has 2 rings (SSSR count). The number of hydrogen-bond acceptors (Lipinski definition) is 3. The quantitative estimate of drug-likeness (QED) is 0.834. The zero-order chi connectivity index (χ0) is 14.0. The van der Waals surface area contributed by atoms with Gasteiger partial charge in [-0.2, -0.15) is 0 Å². The zero-order valence-electron chi connectivity index (χ0n) is 12.9. The maximum atomic E-state index is 12.6. The molecule has 2 fully saturated rings. The Hall–Kier alpha value is -0.610. The summed E-state index contributed by atoms with van der Waals surface area (Å²) in [4.78, 5) is 17.1. The van der Waals surface area contributed by atoms with E-state index in [1.165, 1.54) is 12.8 Å². The number of nitrogens with zero attached hydrogens (tertiary/aromatic N) is 2. The molecule has 2 aliphatic rings. The van der Waals surface area contributed by atoms with E-state index in [1.807, 2.05) is 7.05 Å². The molecular weight excluding hydrogens is 238 g/mol. The van der Waals surface area contributed by atoms with Crippen molar-refractivity contribution in [1.82, 2.24) is 15.1 Å². The summed E-state index contributed by atoms with van der Waals surface area (Å²) in [5.74, 6) is 0.966. The second-order valence-electron chi connectivity index (χ2n) is 6.40. The molecule has 4 unspecified atom stereocenters. The highest BCUT2D eigenvalue weighted by atomic mass is 16.2. The second kappa shape index (κ2) is 6.23. The smallest absolute Gasteiger partial charge is 0.239 e. The molecule has 0 aromatic rings. The standard InChI is InChI=1S/C15H29N3O/c1-11-5-6-12(2)18(11)13(3)15(19)17-8-7-14(10-17)9-16-4/h11-14,16H,5-10H2,1-4H3. The molecule has 0 aliphatic carbocycles. The van der Waals surface area contributed by atoms with Crippen molar-refractivity contribution in [3.05, 3.63) is 0 Å². The summed E-state index contributed by atoms with van der Waals surface area (Å²) < 4.78 is 0. The summed E-state index contributed by atoms with van der Waals surface area (Å²) >= 11 is 0. The van der Waals surface area contributed by atoms with Crippen molar-refractivity contribution in [1.29, 1.82) is 0 Å². The molecule has 1 amide bonds. The van der Waals surface area contributed by atoms with Crippen LogP contribution in [-0.2, 0) is 4.79 Å². The van der Waals surface area contributed by atoms with Crippen LogP contribution in [0.5, 0.6) is 0 Å². The van der Waals surface area contributed by atoms with Crippen molar-refractivity contribution in [3.8, 4) is 0 Å². The van der Waals surface area contributed by atoms with Gasteiger partial charge in [0.2, 0.25) is 5.91 Å². The van der Waals surface area contributed by atoms with Gasteiger partial charge in [0.25, 0.3) is 0 Å². The zero-order valence-corrected chi connectivity index (χ0v) is 12.9. The van der Waals surface area contributed by atoms with Gasteiger partial charge in [0.1, 0.15) is 0 Å². The van der Waals surface area contributed by atoms with E-state index < -0.39 is 0 Å². The molecule has 2 aliphatic heterocycles. The first-order valence-electron chi connectivity index (χ1n) is 7.75. The molecule has 0 bridgehead atoms. The van der Waals surface area contributed by atoms with Gasteiger partial charge in [-0.15, -0.1) is 0 Å². The van der Waals surface area contributed by atoms with Crippen LogP contribution in [0.15, 0.2) is 0 Å². The lowest BCUT2D eigenvalue weighted by atomic mass is 10.1. The summed E-state index contributed by atoms with van der Waals surface area (Å²) in [6.45, 7) is 9.48. The molecule has 2 heterocycles. The van der Waals surface area contributed by atoms with Gasteiger partial charge in [0.05, 0.1) is 6.04 Å². The number of nitrogens with one attached hydrogen (secondary N) is 1. The third kappa shape index (κ3) is 3.11. The van der Waals surface area contributed by atoms with Crippen LogP contribution < -0.4 is 5.32 Å². The number of carbonyl (C=O) groups is 1. The van der Waals surface area contributed by atoms with Gasteiger partial charge >= 0.3 is 0 Å². The predicted octanol–water partition coefficient (Wildman–Crippen LogP) is 1.32. The maximum Gasteiger partial charge on any atom is 0.239 e. The molecule has 1 N–H and O–H groups in total. The van der Waals surface area contributed by atoms with E-state index in [2.05, 4.69) is 35.9 Å². The minimum Gasteiger partial charge on any atom is -0.341 e. The van der Waals surface area contributed by atoms with Crippen LogP contribution in [0.2, 0.25) is 0 Å². The number of likely N-dealkylation sites (tertiary alicyclic amines) is 2. The lowest BCUT2D eigenvalue weighted by Gasteiger charge is -2.34. The van der Waals surface area contributed by atoms with E-state index in [0.717, 1.165) is 26.1 Å². The van der Waals surface area contributed by atoms with Crippen molar-refractivity contribution < 1.29 is 4.79 Å². The maximum absolute atomic E-state index is 12.6. The van der Waals surface area contributed by atoms with Crippen LogP contribution in [0.1, 0.15) is 40.0 Å². The number of carbonyl (C=O) groups excluding carboxylic acids is 1. The van der Waals surface area contributed by atoms with Crippen LogP contribution in [0, 0.1) is 5.92 Å². The topological polar surface area (TPSA) is 35.6 Å². The largest absolute Gasteiger partial charge is 0.341 e. The van der Waals surface area contributed by atoms with Gasteiger partial charge in [-0.1, -0.05) is 0 Å². The highest BCUT2D eigenvalue weighted by Gasteiger charge is 2.37. The Morgan fingerprint density at radius 1 is 1.26 bits per heavy atom. The molecule has 0 radical (unpaired) electrons. The normalized spacial score (nSPS) is 33.9. The third-order valence-corrected chi connectivity index (χ3v) is 4.92. The molecular formula is C15H29N3O. The third-order valence-electron chi connectivity index (χ3n) is 4.92. The molecule has 0 aromatic heterocycles. The first kappa shape index (κ1) is 14.8. The minimum atomic E-state index is 0.0424. The van der Waals surface area contributed by atoms with E-state index in [4.69, 9.17) is 0 Å². The predicted molar refractivity (Wildman–Crippen MR) is 78.1 cm³/mol. The van der Waals surface area contributed by atoms with Gasteiger partial charge in [0.15, 0.2) is 0 Å². The van der Waals surface area contributed by atoms with Gasteiger partial charge in [-0.3, -0.25) is 9.69 Å². The molecule has 2 saturated heterocycles. The molecule has 4 atom stereocenters. The highest BCUT2D eigenvalue weighted by Crippen LogP contribution is 2.27. The van der Waals surface area contributed by atoms with Gasteiger partial charge in [0, 0.05) is 25.2 Å². The van der Waals surface area contributed by atoms with Crippen molar-refractivity contribution in [2.45, 2.75) is 58.2 Å². The van der Waals surface area contributed by atoms with Gasteiger partial charge in [-0.05, 0) is 59.5 Å². The summed E-state index contributed by atoms with van der Waals surface area (Å²) in [6, 6.07) is 1.13. The fraction of sp³-hybridized carbons (Fsp3) is 0.933. The summed E-state index contributed by atoms with van der Waals surface area (Å²) in [7, 11) is 1.99. The molecule has 110 valence electrons. The van der Waals surface area contributed by atoms with Crippen molar-refractivity contribution in [2.75, 3.05) is 26.7 Å². The lowest BCUT2D eigenvalue weighted by Crippen LogP contribution is -2.50. The van der Waals surface area contributed by atoms with Crippen molar-refractivity contribution in [3.63, 3.8) is 0 Å². The number of rotatable bonds is 4. The van der Waals surface area contributed by atoms with E-state index in [-0.39, 0.29) is 6.04 Å². The molecule has 19 heavy (non-hydrogen) atoms. The van der Waals surface area contributed by atoms with Crippen molar-refractivity contribution in [2.24, 2.45) is 5.92 Å². The fourth-order valence-electron chi connectivity index (χ4n) is 3.86. The molecule has 0 aromatic carbocycles. The Bertz CT molecular complexity index is 311. The minimum absolute atomic E-state index is 0.0424. The molecule has 4 heteroatoms. The Morgan fingerprint density at radius 2 is 1.89 bits per heavy atom. The average molecular weight is 267 g/mol. The Labute approximate surface area is 117 Å². The van der Waals surface area contributed by atoms with Crippen molar-refractivity contribution >= 4 is 5.91 Å². The number of hydrogen-bond donors (Lipinski definition) is 1. The molecule has 4 nitrogen and oxygen atoms in total. The van der Waals surface area contributed by atoms with E-state index in [0.29, 0.717) is 23.9 Å². The Morgan fingerprint density at radius 3 is 2.47 bits per heavy atom. The fourth-order valence-corrected chi connectivity index (χ4v) is 3.86. The van der Waals surface area contributed by atoms with Crippen LogP contribution in [0.4, 0.5) is 0 Å². The second-order valence-corrected chi connectivity index (χ2v) is 6.40. The SMILES string of the molecule is CNCC1CCN(C(=O)C(C)N2C(C)CCC2C)C1.